The highest BCUT2D eigenvalue weighted by molar-refractivity contribution is 6.34. The molecule has 0 heterocycles. The molecular formula is C10H12ClNO3. The van der Waals surface area contributed by atoms with E-state index in [1.165, 1.54) is 31.1 Å². The number of carbonyl (C=O) groups is 1. The van der Waals surface area contributed by atoms with Crippen LogP contribution in [0.25, 0.3) is 0 Å². The third-order valence-corrected chi connectivity index (χ3v) is 2.38. The molecule has 0 fully saturated rings. The van der Waals surface area contributed by atoms with Crippen molar-refractivity contribution in [3.05, 3.63) is 17.2 Å². The Kier molecular flexibility index (Phi) is 3.42. The van der Waals surface area contributed by atoms with Crippen molar-refractivity contribution in [1.82, 2.24) is 0 Å². The van der Waals surface area contributed by atoms with Gasteiger partial charge in [-0.15, -0.1) is 0 Å². The Morgan fingerprint density at radius 1 is 1.53 bits per heavy atom. The molecule has 0 bridgehead atoms. The molecule has 1 rings (SSSR count). The Balaban J connectivity index is 3.21. The standard InChI is InChI=1S/C10H12ClNO3/c1-6(13)12(2)8-5-9(14)10(15-3)4-7(8)11/h4-5,14H,1-3H3. The van der Waals surface area contributed by atoms with E-state index in [0.29, 0.717) is 10.7 Å². The van der Waals surface area contributed by atoms with Gasteiger partial charge in [0.05, 0.1) is 17.8 Å². The highest BCUT2D eigenvalue weighted by Crippen LogP contribution is 2.36. The van der Waals surface area contributed by atoms with E-state index in [1.807, 2.05) is 0 Å². The lowest BCUT2D eigenvalue weighted by atomic mass is 10.2. The van der Waals surface area contributed by atoms with Crippen molar-refractivity contribution in [3.8, 4) is 11.5 Å². The third kappa shape index (κ3) is 2.33. The number of aromatic hydroxyl groups is 1. The molecule has 1 amide bonds. The number of hydrogen-bond acceptors (Lipinski definition) is 3. The topological polar surface area (TPSA) is 49.8 Å². The van der Waals surface area contributed by atoms with Gasteiger partial charge in [0.1, 0.15) is 0 Å². The Morgan fingerprint density at radius 3 is 2.60 bits per heavy atom. The summed E-state index contributed by atoms with van der Waals surface area (Å²) in [7, 11) is 3.01. The maximum Gasteiger partial charge on any atom is 0.223 e. The highest BCUT2D eigenvalue weighted by Gasteiger charge is 2.13. The number of phenols is 1. The zero-order valence-electron chi connectivity index (χ0n) is 8.74. The molecule has 1 aromatic carbocycles. The maximum absolute atomic E-state index is 11.1. The number of carbonyl (C=O) groups excluding carboxylic acids is 1. The van der Waals surface area contributed by atoms with Gasteiger partial charge in [-0.25, -0.2) is 0 Å². The van der Waals surface area contributed by atoms with Crippen LogP contribution in [0, 0.1) is 0 Å². The fraction of sp³-hybridized carbons (Fsp3) is 0.300. The van der Waals surface area contributed by atoms with Crippen LogP contribution in [-0.4, -0.2) is 25.2 Å². The molecule has 0 aromatic heterocycles. The number of nitrogens with zero attached hydrogens (tertiary/aromatic N) is 1. The fourth-order valence-electron chi connectivity index (χ4n) is 1.12. The van der Waals surface area contributed by atoms with E-state index in [4.69, 9.17) is 16.3 Å². The van der Waals surface area contributed by atoms with Gasteiger partial charge in [0.25, 0.3) is 0 Å². The minimum Gasteiger partial charge on any atom is -0.504 e. The summed E-state index contributed by atoms with van der Waals surface area (Å²) in [5.74, 6) is 0.0622. The Morgan fingerprint density at radius 2 is 2.13 bits per heavy atom. The molecule has 0 unspecified atom stereocenters. The SMILES string of the molecule is COc1cc(Cl)c(N(C)C(C)=O)cc1O. The van der Waals surface area contributed by atoms with E-state index >= 15 is 0 Å². The van der Waals surface area contributed by atoms with E-state index in [1.54, 1.807) is 7.05 Å². The second kappa shape index (κ2) is 4.40. The van der Waals surface area contributed by atoms with Crippen LogP contribution < -0.4 is 9.64 Å². The van der Waals surface area contributed by atoms with Gasteiger partial charge < -0.3 is 14.7 Å². The molecule has 0 radical (unpaired) electrons. The van der Waals surface area contributed by atoms with Crippen LogP contribution in [0.1, 0.15) is 6.92 Å². The van der Waals surface area contributed by atoms with Crippen molar-refractivity contribution in [2.75, 3.05) is 19.1 Å². The summed E-state index contributed by atoms with van der Waals surface area (Å²) in [6.07, 6.45) is 0. The predicted molar refractivity (Wildman–Crippen MR) is 58.8 cm³/mol. The lowest BCUT2D eigenvalue weighted by Gasteiger charge is -2.17. The number of anilines is 1. The second-order valence-electron chi connectivity index (χ2n) is 3.05. The van der Waals surface area contributed by atoms with Crippen LogP contribution in [0.15, 0.2) is 12.1 Å². The van der Waals surface area contributed by atoms with Crippen molar-refractivity contribution >= 4 is 23.2 Å². The zero-order valence-corrected chi connectivity index (χ0v) is 9.50. The molecule has 0 atom stereocenters. The number of hydrogen-bond donors (Lipinski definition) is 1. The van der Waals surface area contributed by atoms with Gasteiger partial charge in [-0.1, -0.05) is 11.6 Å². The van der Waals surface area contributed by atoms with E-state index in [2.05, 4.69) is 0 Å². The van der Waals surface area contributed by atoms with E-state index in [9.17, 15) is 9.90 Å². The minimum atomic E-state index is -0.165. The summed E-state index contributed by atoms with van der Waals surface area (Å²) in [5.41, 5.74) is 0.447. The molecule has 1 aromatic rings. The Hall–Kier alpha value is -1.42. The van der Waals surface area contributed by atoms with Crippen molar-refractivity contribution < 1.29 is 14.6 Å². The van der Waals surface area contributed by atoms with Crippen LogP contribution in [0.2, 0.25) is 5.02 Å². The average molecular weight is 230 g/mol. The number of methoxy groups -OCH3 is 1. The van der Waals surface area contributed by atoms with Gasteiger partial charge in [-0.2, -0.15) is 0 Å². The van der Waals surface area contributed by atoms with Gasteiger partial charge in [0, 0.05) is 26.1 Å². The van der Waals surface area contributed by atoms with Crippen LogP contribution in [0.5, 0.6) is 11.5 Å². The van der Waals surface area contributed by atoms with Gasteiger partial charge in [0.15, 0.2) is 11.5 Å². The number of phenolic OH excluding ortho intramolecular Hbond substituents is 1. The lowest BCUT2D eigenvalue weighted by Crippen LogP contribution is -2.23. The van der Waals surface area contributed by atoms with Crippen molar-refractivity contribution in [3.63, 3.8) is 0 Å². The number of rotatable bonds is 2. The molecule has 0 saturated heterocycles. The quantitative estimate of drug-likeness (QED) is 0.844. The fourth-order valence-corrected chi connectivity index (χ4v) is 1.40. The van der Waals surface area contributed by atoms with Gasteiger partial charge in [0.2, 0.25) is 5.91 Å². The minimum absolute atomic E-state index is 0.0509. The van der Waals surface area contributed by atoms with Gasteiger partial charge in [-0.3, -0.25) is 4.79 Å². The molecule has 4 nitrogen and oxygen atoms in total. The molecule has 0 aliphatic heterocycles. The second-order valence-corrected chi connectivity index (χ2v) is 3.46. The van der Waals surface area contributed by atoms with Crippen LogP contribution in [-0.2, 0) is 4.79 Å². The Labute approximate surface area is 93.0 Å². The van der Waals surface area contributed by atoms with E-state index in [-0.39, 0.29) is 17.4 Å². The first kappa shape index (κ1) is 11.7. The number of halogens is 1. The Bertz CT molecular complexity index is 392. The molecule has 1 N–H and O–H groups in total. The van der Waals surface area contributed by atoms with E-state index in [0.717, 1.165) is 0 Å². The van der Waals surface area contributed by atoms with Crippen LogP contribution in [0.3, 0.4) is 0 Å². The molecule has 5 heteroatoms. The van der Waals surface area contributed by atoms with Crippen LogP contribution >= 0.6 is 11.6 Å². The van der Waals surface area contributed by atoms with Crippen molar-refractivity contribution in [2.24, 2.45) is 0 Å². The maximum atomic E-state index is 11.1. The summed E-state index contributed by atoms with van der Waals surface area (Å²) in [5, 5.41) is 9.87. The normalized spacial score (nSPS) is 9.87. The molecule has 0 spiro atoms. The molecule has 0 saturated carbocycles. The summed E-state index contributed by atoms with van der Waals surface area (Å²) in [6.45, 7) is 1.41. The summed E-state index contributed by atoms with van der Waals surface area (Å²) < 4.78 is 4.88. The van der Waals surface area contributed by atoms with E-state index < -0.39 is 0 Å². The smallest absolute Gasteiger partial charge is 0.223 e. The van der Waals surface area contributed by atoms with Crippen molar-refractivity contribution in [2.45, 2.75) is 6.92 Å². The molecular weight excluding hydrogens is 218 g/mol. The highest BCUT2D eigenvalue weighted by atomic mass is 35.5. The first-order chi connectivity index (χ1) is 6.97. The first-order valence-corrected chi connectivity index (χ1v) is 4.66. The summed E-state index contributed by atoms with van der Waals surface area (Å²) in [6, 6.07) is 2.86. The monoisotopic (exact) mass is 229 g/mol. The van der Waals surface area contributed by atoms with Crippen LogP contribution in [0.4, 0.5) is 5.69 Å². The van der Waals surface area contributed by atoms with Crippen molar-refractivity contribution in [1.29, 1.82) is 0 Å². The number of benzene rings is 1. The average Bonchev–Trinajstić information content (AvgIpc) is 2.19. The molecule has 0 aliphatic rings. The van der Waals surface area contributed by atoms with Gasteiger partial charge in [-0.05, 0) is 0 Å². The largest absolute Gasteiger partial charge is 0.504 e. The summed E-state index contributed by atoms with van der Waals surface area (Å²) in [4.78, 5) is 12.5. The van der Waals surface area contributed by atoms with Gasteiger partial charge >= 0.3 is 0 Å². The number of ether oxygens (including phenoxy) is 1. The third-order valence-electron chi connectivity index (χ3n) is 2.08. The number of amides is 1. The first-order valence-electron chi connectivity index (χ1n) is 4.28. The predicted octanol–water partition coefficient (Wildman–Crippen LogP) is 2.04. The zero-order chi connectivity index (χ0) is 11.6. The molecule has 15 heavy (non-hydrogen) atoms. The molecule has 82 valence electrons. The lowest BCUT2D eigenvalue weighted by molar-refractivity contribution is -0.116. The summed E-state index contributed by atoms with van der Waals surface area (Å²) >= 11 is 5.93. The molecule has 0 aliphatic carbocycles.